The zero-order valence-corrected chi connectivity index (χ0v) is 16.3. The van der Waals surface area contributed by atoms with Crippen LogP contribution in [0.2, 0.25) is 0 Å². The van der Waals surface area contributed by atoms with Gasteiger partial charge in [-0.3, -0.25) is 9.59 Å². The number of halogens is 2. The first-order valence-corrected chi connectivity index (χ1v) is 7.90. The Kier molecular flexibility index (Phi) is 10.5. The Hall–Kier alpha value is -2.15. The zero-order chi connectivity index (χ0) is 17.5. The molecule has 0 aliphatic carbocycles. The number of rotatable bonds is 6. The SMILES string of the molecule is CCC(C)C(N)C(=O)Nc1cccc(C(=O)Nc2ccccn2)c1.Cl.Cl. The molecule has 6 nitrogen and oxygen atoms in total. The Balaban J connectivity index is 0.00000312. The minimum absolute atomic E-state index is 0. The van der Waals surface area contributed by atoms with Gasteiger partial charge in [0.25, 0.3) is 5.91 Å². The maximum Gasteiger partial charge on any atom is 0.256 e. The van der Waals surface area contributed by atoms with Crippen LogP contribution in [0.25, 0.3) is 0 Å². The van der Waals surface area contributed by atoms with E-state index in [2.05, 4.69) is 15.6 Å². The standard InChI is InChI=1S/C18H22N4O2.2ClH/c1-3-12(2)16(19)18(24)21-14-8-6-7-13(11-14)17(23)22-15-9-4-5-10-20-15;;/h4-12,16H,3,19H2,1-2H3,(H,21,24)(H,20,22,23);2*1H. The van der Waals surface area contributed by atoms with Gasteiger partial charge in [0.05, 0.1) is 6.04 Å². The van der Waals surface area contributed by atoms with E-state index in [1.807, 2.05) is 13.8 Å². The van der Waals surface area contributed by atoms with Gasteiger partial charge in [0.2, 0.25) is 5.91 Å². The van der Waals surface area contributed by atoms with Gasteiger partial charge in [0.15, 0.2) is 0 Å². The van der Waals surface area contributed by atoms with Crippen molar-refractivity contribution in [2.24, 2.45) is 11.7 Å². The van der Waals surface area contributed by atoms with Crippen LogP contribution in [0, 0.1) is 5.92 Å². The molecule has 0 fully saturated rings. The number of aromatic nitrogens is 1. The minimum Gasteiger partial charge on any atom is -0.325 e. The maximum atomic E-state index is 12.3. The molecule has 1 aromatic carbocycles. The molecular formula is C18H24Cl2N4O2. The van der Waals surface area contributed by atoms with E-state index in [9.17, 15) is 9.59 Å². The van der Waals surface area contributed by atoms with E-state index in [0.717, 1.165) is 6.42 Å². The molecule has 0 saturated carbocycles. The third-order valence-corrected chi connectivity index (χ3v) is 3.86. The highest BCUT2D eigenvalue weighted by Crippen LogP contribution is 2.14. The molecule has 0 aliphatic rings. The van der Waals surface area contributed by atoms with Crippen molar-refractivity contribution in [3.63, 3.8) is 0 Å². The molecule has 0 spiro atoms. The normalized spacial score (nSPS) is 12.0. The molecular weight excluding hydrogens is 375 g/mol. The number of hydrogen-bond acceptors (Lipinski definition) is 4. The molecule has 0 saturated heterocycles. The molecule has 1 heterocycles. The van der Waals surface area contributed by atoms with Gasteiger partial charge < -0.3 is 16.4 Å². The van der Waals surface area contributed by atoms with Gasteiger partial charge in [0, 0.05) is 17.4 Å². The number of nitrogens with one attached hydrogen (secondary N) is 2. The molecule has 0 radical (unpaired) electrons. The van der Waals surface area contributed by atoms with Crippen molar-refractivity contribution in [3.05, 3.63) is 54.2 Å². The molecule has 2 amide bonds. The summed E-state index contributed by atoms with van der Waals surface area (Å²) in [5, 5.41) is 5.46. The smallest absolute Gasteiger partial charge is 0.256 e. The molecule has 1 aromatic heterocycles. The lowest BCUT2D eigenvalue weighted by Crippen LogP contribution is -2.40. The van der Waals surface area contributed by atoms with Gasteiger partial charge in [-0.25, -0.2) is 4.98 Å². The molecule has 8 heteroatoms. The summed E-state index contributed by atoms with van der Waals surface area (Å²) >= 11 is 0. The van der Waals surface area contributed by atoms with E-state index < -0.39 is 6.04 Å². The van der Waals surface area contributed by atoms with Crippen molar-refractivity contribution >= 4 is 48.1 Å². The van der Waals surface area contributed by atoms with Gasteiger partial charge in [0.1, 0.15) is 5.82 Å². The Labute approximate surface area is 165 Å². The average Bonchev–Trinajstić information content (AvgIpc) is 2.61. The highest BCUT2D eigenvalue weighted by atomic mass is 35.5. The van der Waals surface area contributed by atoms with E-state index in [4.69, 9.17) is 5.73 Å². The summed E-state index contributed by atoms with van der Waals surface area (Å²) in [5.74, 6) is -0.000902. The second-order valence-corrected chi connectivity index (χ2v) is 5.65. The molecule has 2 rings (SSSR count). The van der Waals surface area contributed by atoms with Crippen molar-refractivity contribution in [2.75, 3.05) is 10.6 Å². The van der Waals surface area contributed by atoms with Crippen LogP contribution in [0.5, 0.6) is 0 Å². The van der Waals surface area contributed by atoms with E-state index in [1.165, 1.54) is 0 Å². The summed E-state index contributed by atoms with van der Waals surface area (Å²) in [4.78, 5) is 28.4. The minimum atomic E-state index is -0.582. The van der Waals surface area contributed by atoms with Gasteiger partial charge in [-0.05, 0) is 36.2 Å². The van der Waals surface area contributed by atoms with E-state index in [0.29, 0.717) is 17.1 Å². The summed E-state index contributed by atoms with van der Waals surface area (Å²) in [6, 6.07) is 11.4. The fourth-order valence-corrected chi connectivity index (χ4v) is 2.10. The number of hydrogen-bond donors (Lipinski definition) is 3. The zero-order valence-electron chi connectivity index (χ0n) is 14.6. The van der Waals surface area contributed by atoms with Crippen molar-refractivity contribution in [2.45, 2.75) is 26.3 Å². The first-order chi connectivity index (χ1) is 11.5. The second-order valence-electron chi connectivity index (χ2n) is 5.65. The highest BCUT2D eigenvalue weighted by Gasteiger charge is 2.19. The lowest BCUT2D eigenvalue weighted by atomic mass is 9.99. The second kappa shape index (κ2) is 11.5. The van der Waals surface area contributed by atoms with Crippen molar-refractivity contribution in [1.29, 1.82) is 0 Å². The molecule has 26 heavy (non-hydrogen) atoms. The molecule has 0 bridgehead atoms. The Morgan fingerprint density at radius 1 is 1.12 bits per heavy atom. The predicted molar refractivity (Wildman–Crippen MR) is 109 cm³/mol. The van der Waals surface area contributed by atoms with Crippen LogP contribution >= 0.6 is 24.8 Å². The van der Waals surface area contributed by atoms with E-state index >= 15 is 0 Å². The van der Waals surface area contributed by atoms with Gasteiger partial charge >= 0.3 is 0 Å². The topological polar surface area (TPSA) is 97.1 Å². The van der Waals surface area contributed by atoms with Crippen LogP contribution in [0.15, 0.2) is 48.7 Å². The van der Waals surface area contributed by atoms with Gasteiger partial charge in [-0.2, -0.15) is 0 Å². The molecule has 2 atom stereocenters. The number of benzene rings is 1. The van der Waals surface area contributed by atoms with Crippen LogP contribution in [-0.2, 0) is 4.79 Å². The summed E-state index contributed by atoms with van der Waals surface area (Å²) in [6.45, 7) is 3.92. The number of nitrogens with two attached hydrogens (primary N) is 1. The first-order valence-electron chi connectivity index (χ1n) is 7.90. The van der Waals surface area contributed by atoms with Crippen LogP contribution in [-0.4, -0.2) is 22.8 Å². The maximum absolute atomic E-state index is 12.3. The monoisotopic (exact) mass is 398 g/mol. The number of anilines is 2. The fourth-order valence-electron chi connectivity index (χ4n) is 2.10. The molecule has 2 aromatic rings. The van der Waals surface area contributed by atoms with Gasteiger partial charge in [-0.1, -0.05) is 32.4 Å². The number of pyridine rings is 1. The summed E-state index contributed by atoms with van der Waals surface area (Å²) in [6.07, 6.45) is 2.42. The lowest BCUT2D eigenvalue weighted by Gasteiger charge is -2.18. The lowest BCUT2D eigenvalue weighted by molar-refractivity contribution is -0.118. The Morgan fingerprint density at radius 2 is 1.85 bits per heavy atom. The third kappa shape index (κ3) is 6.63. The van der Waals surface area contributed by atoms with Crippen molar-refractivity contribution < 1.29 is 9.59 Å². The van der Waals surface area contributed by atoms with Gasteiger partial charge in [-0.15, -0.1) is 24.8 Å². The van der Waals surface area contributed by atoms with Crippen LogP contribution in [0.1, 0.15) is 30.6 Å². The van der Waals surface area contributed by atoms with Crippen LogP contribution in [0.4, 0.5) is 11.5 Å². The molecule has 4 N–H and O–H groups in total. The largest absolute Gasteiger partial charge is 0.325 e. The number of carbonyl (C=O) groups excluding carboxylic acids is 2. The number of nitrogens with zero attached hydrogens (tertiary/aromatic N) is 1. The van der Waals surface area contributed by atoms with E-state index in [1.54, 1.807) is 48.7 Å². The number of carbonyl (C=O) groups is 2. The Morgan fingerprint density at radius 3 is 2.46 bits per heavy atom. The highest BCUT2D eigenvalue weighted by molar-refractivity contribution is 6.05. The molecule has 142 valence electrons. The first kappa shape index (κ1) is 23.9. The van der Waals surface area contributed by atoms with Crippen LogP contribution < -0.4 is 16.4 Å². The average molecular weight is 399 g/mol. The summed E-state index contributed by atoms with van der Waals surface area (Å²) < 4.78 is 0. The summed E-state index contributed by atoms with van der Waals surface area (Å²) in [5.41, 5.74) is 6.88. The third-order valence-electron chi connectivity index (χ3n) is 3.86. The van der Waals surface area contributed by atoms with E-state index in [-0.39, 0.29) is 42.5 Å². The predicted octanol–water partition coefficient (Wildman–Crippen LogP) is 3.49. The molecule has 0 aliphatic heterocycles. The molecule has 2 unspecified atom stereocenters. The van der Waals surface area contributed by atoms with Crippen molar-refractivity contribution in [1.82, 2.24) is 4.98 Å². The fraction of sp³-hybridized carbons (Fsp3) is 0.278. The van der Waals surface area contributed by atoms with Crippen LogP contribution in [0.3, 0.4) is 0 Å². The Bertz CT molecular complexity index is 713. The quantitative estimate of drug-likeness (QED) is 0.693. The number of amides is 2. The summed E-state index contributed by atoms with van der Waals surface area (Å²) in [7, 11) is 0. The van der Waals surface area contributed by atoms with Crippen molar-refractivity contribution in [3.8, 4) is 0 Å².